The predicted octanol–water partition coefficient (Wildman–Crippen LogP) is 1.54. The van der Waals surface area contributed by atoms with Gasteiger partial charge in [-0.05, 0) is 46.7 Å². The number of aryl methyl sites for hydroxylation is 1. The minimum atomic E-state index is 0.669. The van der Waals surface area contributed by atoms with Crippen LogP contribution in [0.3, 0.4) is 0 Å². The molecular weight excluding hydrogens is 228 g/mol. The van der Waals surface area contributed by atoms with Crippen LogP contribution in [-0.2, 0) is 6.54 Å². The van der Waals surface area contributed by atoms with E-state index in [2.05, 4.69) is 41.0 Å². The quantitative estimate of drug-likeness (QED) is 0.795. The average molecular weight is 252 g/mol. The van der Waals surface area contributed by atoms with Crippen LogP contribution in [0.15, 0.2) is 4.63 Å². The molecule has 0 aliphatic carbocycles. The largest absolute Gasteiger partial charge is 0.301 e. The Morgan fingerprint density at radius 1 is 1.44 bits per heavy atom. The summed E-state index contributed by atoms with van der Waals surface area (Å²) in [5.74, 6) is 0.776. The number of aromatic nitrogens is 2. The van der Waals surface area contributed by atoms with E-state index < -0.39 is 0 Å². The van der Waals surface area contributed by atoms with Crippen molar-refractivity contribution in [3.8, 4) is 0 Å². The molecule has 1 aliphatic rings. The zero-order valence-electron chi connectivity index (χ0n) is 11.9. The van der Waals surface area contributed by atoms with Crippen molar-refractivity contribution >= 4 is 0 Å². The first-order valence-corrected chi connectivity index (χ1v) is 6.77. The lowest BCUT2D eigenvalue weighted by atomic mass is 10.1. The summed E-state index contributed by atoms with van der Waals surface area (Å²) >= 11 is 0. The monoisotopic (exact) mass is 252 g/mol. The normalized spacial score (nSPS) is 21.3. The molecule has 5 nitrogen and oxygen atoms in total. The molecule has 1 aliphatic heterocycles. The van der Waals surface area contributed by atoms with Gasteiger partial charge in [-0.1, -0.05) is 10.3 Å². The number of hydrogen-bond donors (Lipinski definition) is 0. The highest BCUT2D eigenvalue weighted by molar-refractivity contribution is 5.04. The van der Waals surface area contributed by atoms with Crippen molar-refractivity contribution in [3.05, 3.63) is 11.4 Å². The molecule has 102 valence electrons. The van der Waals surface area contributed by atoms with Gasteiger partial charge in [0.05, 0.1) is 0 Å². The molecule has 0 saturated carbocycles. The first-order valence-electron chi connectivity index (χ1n) is 6.77. The highest BCUT2D eigenvalue weighted by Crippen LogP contribution is 2.19. The molecule has 1 fully saturated rings. The van der Waals surface area contributed by atoms with E-state index in [0.717, 1.165) is 30.4 Å². The van der Waals surface area contributed by atoms with Crippen molar-refractivity contribution in [2.75, 3.05) is 26.7 Å². The van der Waals surface area contributed by atoms with Crippen molar-refractivity contribution in [2.24, 2.45) is 5.92 Å². The molecule has 0 radical (unpaired) electrons. The topological polar surface area (TPSA) is 45.4 Å². The molecule has 0 aromatic carbocycles. The van der Waals surface area contributed by atoms with Crippen molar-refractivity contribution in [2.45, 2.75) is 39.8 Å². The highest BCUT2D eigenvalue weighted by Gasteiger charge is 2.25. The zero-order valence-corrected chi connectivity index (χ0v) is 11.9. The van der Waals surface area contributed by atoms with Gasteiger partial charge in [0.15, 0.2) is 0 Å². The van der Waals surface area contributed by atoms with Crippen molar-refractivity contribution in [1.29, 1.82) is 0 Å². The molecule has 0 bridgehead atoms. The van der Waals surface area contributed by atoms with Crippen LogP contribution in [0.5, 0.6) is 0 Å². The summed E-state index contributed by atoms with van der Waals surface area (Å²) in [5, 5.41) is 7.75. The summed E-state index contributed by atoms with van der Waals surface area (Å²) in [6, 6.07) is 0.669. The van der Waals surface area contributed by atoms with E-state index in [0.29, 0.717) is 6.04 Å². The molecule has 1 unspecified atom stereocenters. The maximum Gasteiger partial charge on any atom is 0.122 e. The van der Waals surface area contributed by atoms with Crippen molar-refractivity contribution in [1.82, 2.24) is 20.1 Å². The minimum Gasteiger partial charge on any atom is -0.301 e. The van der Waals surface area contributed by atoms with Gasteiger partial charge < -0.3 is 9.80 Å². The summed E-state index contributed by atoms with van der Waals surface area (Å²) in [6.07, 6.45) is 1.30. The number of rotatable bonds is 5. The van der Waals surface area contributed by atoms with Gasteiger partial charge >= 0.3 is 0 Å². The van der Waals surface area contributed by atoms with E-state index >= 15 is 0 Å². The molecule has 1 atom stereocenters. The van der Waals surface area contributed by atoms with E-state index in [1.165, 1.54) is 19.5 Å². The van der Waals surface area contributed by atoms with Gasteiger partial charge in [0.25, 0.3) is 0 Å². The van der Waals surface area contributed by atoms with Crippen LogP contribution in [0.25, 0.3) is 0 Å². The second-order valence-electron chi connectivity index (χ2n) is 5.74. The molecule has 1 saturated heterocycles. The fraction of sp³-hybridized carbons (Fsp3) is 0.846. The van der Waals surface area contributed by atoms with Gasteiger partial charge in [-0.2, -0.15) is 0 Å². The fourth-order valence-electron chi connectivity index (χ4n) is 2.63. The molecule has 5 heteroatoms. The zero-order chi connectivity index (χ0) is 13.1. The Labute approximate surface area is 109 Å². The van der Waals surface area contributed by atoms with Crippen LogP contribution in [-0.4, -0.2) is 52.8 Å². The SMILES string of the molecule is Cc1nonc1CN(C)CC1CCN(C(C)C)C1. The standard InChI is InChI=1S/C13H24N4O/c1-10(2)17-6-5-12(8-17)7-16(4)9-13-11(3)14-18-15-13/h10,12H,5-9H2,1-4H3. The van der Waals surface area contributed by atoms with E-state index in [9.17, 15) is 0 Å². The maximum absolute atomic E-state index is 4.73. The van der Waals surface area contributed by atoms with Gasteiger partial charge in [-0.25, -0.2) is 4.63 Å². The first-order chi connectivity index (χ1) is 8.56. The first kappa shape index (κ1) is 13.5. The van der Waals surface area contributed by atoms with Crippen LogP contribution in [0.1, 0.15) is 31.7 Å². The summed E-state index contributed by atoms with van der Waals surface area (Å²) in [6.45, 7) is 10.9. The molecule has 0 amide bonds. The highest BCUT2D eigenvalue weighted by atomic mass is 16.6. The van der Waals surface area contributed by atoms with Gasteiger partial charge in [0.1, 0.15) is 11.4 Å². The van der Waals surface area contributed by atoms with E-state index in [1.807, 2.05) is 6.92 Å². The third kappa shape index (κ3) is 3.29. The van der Waals surface area contributed by atoms with Crippen LogP contribution >= 0.6 is 0 Å². The van der Waals surface area contributed by atoms with Crippen LogP contribution in [0.4, 0.5) is 0 Å². The Kier molecular flexibility index (Phi) is 4.35. The van der Waals surface area contributed by atoms with Crippen molar-refractivity contribution in [3.63, 3.8) is 0 Å². The Balaban J connectivity index is 1.78. The second-order valence-corrected chi connectivity index (χ2v) is 5.74. The average Bonchev–Trinajstić information content (AvgIpc) is 2.89. The summed E-state index contributed by atoms with van der Waals surface area (Å²) in [5.41, 5.74) is 1.85. The number of nitrogens with zero attached hydrogens (tertiary/aromatic N) is 4. The lowest BCUT2D eigenvalue weighted by Gasteiger charge is -2.22. The number of hydrogen-bond acceptors (Lipinski definition) is 5. The lowest BCUT2D eigenvalue weighted by molar-refractivity contribution is 0.230. The molecule has 1 aromatic rings. The van der Waals surface area contributed by atoms with Crippen molar-refractivity contribution < 1.29 is 4.63 Å². The van der Waals surface area contributed by atoms with Gasteiger partial charge in [-0.15, -0.1) is 0 Å². The van der Waals surface area contributed by atoms with Crippen LogP contribution in [0.2, 0.25) is 0 Å². The molecule has 2 rings (SSSR count). The molecule has 1 aromatic heterocycles. The Bertz CT molecular complexity index is 377. The van der Waals surface area contributed by atoms with E-state index in [1.54, 1.807) is 0 Å². The molecule has 0 N–H and O–H groups in total. The minimum absolute atomic E-state index is 0.669. The van der Waals surface area contributed by atoms with E-state index in [4.69, 9.17) is 4.63 Å². The third-order valence-corrected chi connectivity index (χ3v) is 3.78. The van der Waals surface area contributed by atoms with Crippen LogP contribution in [0, 0.1) is 12.8 Å². The predicted molar refractivity (Wildman–Crippen MR) is 70.2 cm³/mol. The fourth-order valence-corrected chi connectivity index (χ4v) is 2.63. The Morgan fingerprint density at radius 2 is 2.22 bits per heavy atom. The van der Waals surface area contributed by atoms with Crippen LogP contribution < -0.4 is 0 Å². The lowest BCUT2D eigenvalue weighted by Crippen LogP contribution is -2.31. The Morgan fingerprint density at radius 3 is 2.78 bits per heavy atom. The van der Waals surface area contributed by atoms with Gasteiger partial charge in [0.2, 0.25) is 0 Å². The second kappa shape index (κ2) is 5.80. The molecule has 18 heavy (non-hydrogen) atoms. The third-order valence-electron chi connectivity index (χ3n) is 3.78. The van der Waals surface area contributed by atoms with E-state index in [-0.39, 0.29) is 0 Å². The smallest absolute Gasteiger partial charge is 0.122 e. The molecular formula is C13H24N4O. The maximum atomic E-state index is 4.73. The summed E-state index contributed by atoms with van der Waals surface area (Å²) in [7, 11) is 2.14. The number of likely N-dealkylation sites (tertiary alicyclic amines) is 1. The molecule has 2 heterocycles. The Hall–Kier alpha value is -0.940. The summed E-state index contributed by atoms with van der Waals surface area (Å²) in [4.78, 5) is 4.88. The summed E-state index contributed by atoms with van der Waals surface area (Å²) < 4.78 is 4.73. The van der Waals surface area contributed by atoms with Gasteiger partial charge in [0, 0.05) is 25.7 Å². The van der Waals surface area contributed by atoms with Gasteiger partial charge in [-0.3, -0.25) is 0 Å². The molecule has 0 spiro atoms.